The minimum Gasteiger partial charge on any atom is -0.300 e. The van der Waals surface area contributed by atoms with Gasteiger partial charge in [-0.1, -0.05) is 25.7 Å². The van der Waals surface area contributed by atoms with Crippen molar-refractivity contribution in [1.82, 2.24) is 0 Å². The standard InChI is InChI=1S/C8H13FO/c9-8(6-10)5-7-3-1-2-4-7/h6-8H,1-5H2. The van der Waals surface area contributed by atoms with E-state index in [0.29, 0.717) is 18.6 Å². The number of hydrogen-bond donors (Lipinski definition) is 0. The Morgan fingerprint density at radius 3 is 2.60 bits per heavy atom. The summed E-state index contributed by atoms with van der Waals surface area (Å²) < 4.78 is 12.4. The van der Waals surface area contributed by atoms with Crippen LogP contribution in [0.4, 0.5) is 4.39 Å². The van der Waals surface area contributed by atoms with Crippen molar-refractivity contribution in [3.63, 3.8) is 0 Å². The van der Waals surface area contributed by atoms with E-state index in [2.05, 4.69) is 0 Å². The van der Waals surface area contributed by atoms with Gasteiger partial charge in [-0.25, -0.2) is 4.39 Å². The van der Waals surface area contributed by atoms with E-state index in [4.69, 9.17) is 0 Å². The van der Waals surface area contributed by atoms with Crippen LogP contribution in [-0.2, 0) is 4.79 Å². The molecular formula is C8H13FO. The van der Waals surface area contributed by atoms with E-state index in [0.717, 1.165) is 12.8 Å². The first-order chi connectivity index (χ1) is 4.83. The van der Waals surface area contributed by atoms with Crippen molar-refractivity contribution in [3.8, 4) is 0 Å². The molecule has 1 aliphatic rings. The van der Waals surface area contributed by atoms with Crippen molar-refractivity contribution in [1.29, 1.82) is 0 Å². The number of carbonyl (C=O) groups is 1. The fraction of sp³-hybridized carbons (Fsp3) is 0.875. The predicted octanol–water partition coefficient (Wildman–Crippen LogP) is 2.10. The molecular weight excluding hydrogens is 131 g/mol. The Labute approximate surface area is 60.6 Å². The molecule has 1 aliphatic carbocycles. The molecule has 2 heteroatoms. The summed E-state index contributed by atoms with van der Waals surface area (Å²) in [6, 6.07) is 0. The third-order valence-corrected chi connectivity index (χ3v) is 2.18. The minimum atomic E-state index is -1.21. The SMILES string of the molecule is O=CC(F)CC1CCCC1. The van der Waals surface area contributed by atoms with E-state index in [9.17, 15) is 9.18 Å². The first-order valence-corrected chi connectivity index (χ1v) is 3.92. The molecule has 0 N–H and O–H groups in total. The van der Waals surface area contributed by atoms with Gasteiger partial charge in [0, 0.05) is 0 Å². The first-order valence-electron chi connectivity index (χ1n) is 3.92. The molecule has 0 aromatic rings. The lowest BCUT2D eigenvalue weighted by molar-refractivity contribution is -0.112. The smallest absolute Gasteiger partial charge is 0.155 e. The second kappa shape index (κ2) is 3.69. The summed E-state index contributed by atoms with van der Waals surface area (Å²) in [6.45, 7) is 0. The van der Waals surface area contributed by atoms with Gasteiger partial charge in [0.1, 0.15) is 0 Å². The molecule has 0 aromatic carbocycles. The quantitative estimate of drug-likeness (QED) is 0.554. The number of carbonyl (C=O) groups excluding carboxylic acids is 1. The largest absolute Gasteiger partial charge is 0.300 e. The molecule has 1 unspecified atom stereocenters. The van der Waals surface area contributed by atoms with E-state index in [1.54, 1.807) is 0 Å². The summed E-state index contributed by atoms with van der Waals surface area (Å²) in [5, 5.41) is 0. The second-order valence-corrected chi connectivity index (χ2v) is 3.04. The van der Waals surface area contributed by atoms with Crippen LogP contribution >= 0.6 is 0 Å². The van der Waals surface area contributed by atoms with Crippen molar-refractivity contribution < 1.29 is 9.18 Å². The van der Waals surface area contributed by atoms with Crippen molar-refractivity contribution >= 4 is 6.29 Å². The third-order valence-electron chi connectivity index (χ3n) is 2.18. The number of alkyl halides is 1. The zero-order chi connectivity index (χ0) is 7.40. The summed E-state index contributed by atoms with van der Waals surface area (Å²) in [4.78, 5) is 9.92. The zero-order valence-electron chi connectivity index (χ0n) is 6.05. The predicted molar refractivity (Wildman–Crippen MR) is 37.5 cm³/mol. The minimum absolute atomic E-state index is 0.415. The van der Waals surface area contributed by atoms with Gasteiger partial charge in [0.25, 0.3) is 0 Å². The Morgan fingerprint density at radius 1 is 1.50 bits per heavy atom. The Hall–Kier alpha value is -0.400. The van der Waals surface area contributed by atoms with Crippen LogP contribution in [0.2, 0.25) is 0 Å². The van der Waals surface area contributed by atoms with Gasteiger partial charge >= 0.3 is 0 Å². The van der Waals surface area contributed by atoms with Gasteiger partial charge in [0.05, 0.1) is 0 Å². The van der Waals surface area contributed by atoms with Crippen LogP contribution in [0.25, 0.3) is 0 Å². The molecule has 0 saturated heterocycles. The van der Waals surface area contributed by atoms with Crippen LogP contribution in [0.3, 0.4) is 0 Å². The van der Waals surface area contributed by atoms with Crippen molar-refractivity contribution in [2.24, 2.45) is 5.92 Å². The number of aldehydes is 1. The van der Waals surface area contributed by atoms with E-state index >= 15 is 0 Å². The average Bonchev–Trinajstić information content (AvgIpc) is 2.40. The fourth-order valence-corrected chi connectivity index (χ4v) is 1.62. The molecule has 0 spiro atoms. The Bertz CT molecular complexity index is 108. The molecule has 1 saturated carbocycles. The van der Waals surface area contributed by atoms with Gasteiger partial charge in [-0.15, -0.1) is 0 Å². The van der Waals surface area contributed by atoms with E-state index in [1.807, 2.05) is 0 Å². The highest BCUT2D eigenvalue weighted by atomic mass is 19.1. The third kappa shape index (κ3) is 2.09. The van der Waals surface area contributed by atoms with Crippen LogP contribution in [0.15, 0.2) is 0 Å². The van der Waals surface area contributed by atoms with Crippen molar-refractivity contribution in [2.45, 2.75) is 38.3 Å². The van der Waals surface area contributed by atoms with Gasteiger partial charge in [0.2, 0.25) is 0 Å². The molecule has 0 bridgehead atoms. The van der Waals surface area contributed by atoms with Crippen LogP contribution in [0.1, 0.15) is 32.1 Å². The second-order valence-electron chi connectivity index (χ2n) is 3.04. The maximum atomic E-state index is 12.4. The Morgan fingerprint density at radius 2 is 2.10 bits per heavy atom. The summed E-state index contributed by atoms with van der Waals surface area (Å²) in [5.41, 5.74) is 0. The lowest BCUT2D eigenvalue weighted by Crippen LogP contribution is -2.07. The molecule has 0 radical (unpaired) electrons. The summed E-state index contributed by atoms with van der Waals surface area (Å²) in [6.07, 6.45) is 4.35. The van der Waals surface area contributed by atoms with Crippen LogP contribution in [-0.4, -0.2) is 12.5 Å². The lowest BCUT2D eigenvalue weighted by Gasteiger charge is -2.06. The van der Waals surface area contributed by atoms with Gasteiger partial charge in [-0.2, -0.15) is 0 Å². The van der Waals surface area contributed by atoms with Crippen LogP contribution < -0.4 is 0 Å². The summed E-state index contributed by atoms with van der Waals surface area (Å²) in [5.74, 6) is 0.486. The maximum absolute atomic E-state index is 12.4. The molecule has 58 valence electrons. The first kappa shape index (κ1) is 7.70. The van der Waals surface area contributed by atoms with E-state index in [1.165, 1.54) is 12.8 Å². The van der Waals surface area contributed by atoms with Crippen molar-refractivity contribution in [2.75, 3.05) is 0 Å². The van der Waals surface area contributed by atoms with Gasteiger partial charge < -0.3 is 4.79 Å². The molecule has 0 aromatic heterocycles. The average molecular weight is 144 g/mol. The summed E-state index contributed by atoms with van der Waals surface area (Å²) in [7, 11) is 0. The van der Waals surface area contributed by atoms with Crippen LogP contribution in [0, 0.1) is 5.92 Å². The van der Waals surface area contributed by atoms with Gasteiger partial charge in [-0.3, -0.25) is 0 Å². The molecule has 1 nitrogen and oxygen atoms in total. The highest BCUT2D eigenvalue weighted by molar-refractivity contribution is 5.55. The monoisotopic (exact) mass is 144 g/mol. The summed E-state index contributed by atoms with van der Waals surface area (Å²) >= 11 is 0. The van der Waals surface area contributed by atoms with Gasteiger partial charge in [0.15, 0.2) is 12.5 Å². The molecule has 0 amide bonds. The number of hydrogen-bond acceptors (Lipinski definition) is 1. The molecule has 10 heavy (non-hydrogen) atoms. The number of halogens is 1. The molecule has 1 fully saturated rings. The Kier molecular flexibility index (Phi) is 2.84. The normalized spacial score (nSPS) is 22.9. The zero-order valence-corrected chi connectivity index (χ0v) is 6.05. The van der Waals surface area contributed by atoms with Gasteiger partial charge in [-0.05, 0) is 12.3 Å². The topological polar surface area (TPSA) is 17.1 Å². The van der Waals surface area contributed by atoms with E-state index in [-0.39, 0.29) is 0 Å². The van der Waals surface area contributed by atoms with Crippen molar-refractivity contribution in [3.05, 3.63) is 0 Å². The highest BCUT2D eigenvalue weighted by Gasteiger charge is 2.18. The lowest BCUT2D eigenvalue weighted by atomic mass is 10.0. The number of rotatable bonds is 3. The Balaban J connectivity index is 2.17. The van der Waals surface area contributed by atoms with Crippen LogP contribution in [0.5, 0.6) is 0 Å². The molecule has 1 atom stereocenters. The molecule has 0 heterocycles. The fourth-order valence-electron chi connectivity index (χ4n) is 1.62. The molecule has 1 rings (SSSR count). The molecule has 0 aliphatic heterocycles. The van der Waals surface area contributed by atoms with E-state index < -0.39 is 6.17 Å². The maximum Gasteiger partial charge on any atom is 0.155 e. The highest BCUT2D eigenvalue weighted by Crippen LogP contribution is 2.28.